The number of phenols is 1. The summed E-state index contributed by atoms with van der Waals surface area (Å²) in [5, 5.41) is 18.9. The maximum absolute atomic E-state index is 11.8. The van der Waals surface area contributed by atoms with Gasteiger partial charge in [-0.1, -0.05) is 35.9 Å². The van der Waals surface area contributed by atoms with Crippen molar-refractivity contribution in [1.82, 2.24) is 0 Å². The minimum atomic E-state index is -0.673. The third-order valence-corrected chi connectivity index (χ3v) is 3.38. The second-order valence-corrected chi connectivity index (χ2v) is 5.28. The summed E-state index contributed by atoms with van der Waals surface area (Å²) >= 11 is 5.90. The van der Waals surface area contributed by atoms with Gasteiger partial charge in [-0.15, -0.1) is 0 Å². The van der Waals surface area contributed by atoms with Crippen molar-refractivity contribution < 1.29 is 15.0 Å². The lowest BCUT2D eigenvalue weighted by atomic mass is 10.0. The lowest BCUT2D eigenvalue weighted by Crippen LogP contribution is -2.24. The van der Waals surface area contributed by atoms with Crippen LogP contribution in [0.15, 0.2) is 53.5 Å². The lowest BCUT2D eigenvalue weighted by molar-refractivity contribution is -0.122. The number of phenolic OH excluding ortho intramolecular Hbond substituents is 1. The van der Waals surface area contributed by atoms with Crippen LogP contribution in [0, 0.1) is 0 Å². The summed E-state index contributed by atoms with van der Waals surface area (Å²) in [6.45, 7) is -0.560. The molecule has 5 heteroatoms. The van der Waals surface area contributed by atoms with E-state index in [2.05, 4.69) is 4.99 Å². The second-order valence-electron chi connectivity index (χ2n) is 4.84. The summed E-state index contributed by atoms with van der Waals surface area (Å²) in [5.74, 6) is -0.192. The Morgan fingerprint density at radius 3 is 2.59 bits per heavy atom. The van der Waals surface area contributed by atoms with Gasteiger partial charge in [-0.25, -0.2) is 0 Å². The van der Waals surface area contributed by atoms with Crippen LogP contribution in [0.4, 0.5) is 0 Å². The number of aliphatic imine (C=N–C) groups is 1. The average Bonchev–Trinajstić information content (AvgIpc) is 2.52. The van der Waals surface area contributed by atoms with E-state index in [0.29, 0.717) is 11.4 Å². The Morgan fingerprint density at radius 1 is 1.23 bits per heavy atom. The molecule has 4 nitrogen and oxygen atoms in total. The number of hydrogen-bond donors (Lipinski definition) is 2. The Hall–Kier alpha value is -2.17. The number of Topliss-reactive ketones (excluding diaryl/α,β-unsaturated/α-hetero) is 1. The number of aromatic hydroxyl groups is 1. The Labute approximate surface area is 133 Å². The van der Waals surface area contributed by atoms with Crippen molar-refractivity contribution >= 4 is 23.6 Å². The zero-order valence-electron chi connectivity index (χ0n) is 11.8. The molecule has 0 aromatic heterocycles. The van der Waals surface area contributed by atoms with E-state index in [1.807, 2.05) is 6.07 Å². The number of hydrogen-bond acceptors (Lipinski definition) is 4. The molecule has 0 radical (unpaired) electrons. The highest BCUT2D eigenvalue weighted by atomic mass is 35.5. The van der Waals surface area contributed by atoms with Crippen LogP contribution in [0.2, 0.25) is 5.02 Å². The number of rotatable bonds is 6. The average molecular weight is 318 g/mol. The number of nitrogens with zero attached hydrogens (tertiary/aromatic N) is 1. The molecule has 1 atom stereocenters. The summed E-state index contributed by atoms with van der Waals surface area (Å²) in [5.41, 5.74) is 1.64. The number of carbonyl (C=O) groups excluding carboxylic acids is 1. The van der Waals surface area contributed by atoms with Crippen LogP contribution in [0.3, 0.4) is 0 Å². The Morgan fingerprint density at radius 2 is 1.95 bits per heavy atom. The van der Waals surface area contributed by atoms with Gasteiger partial charge < -0.3 is 10.2 Å². The van der Waals surface area contributed by atoms with Crippen molar-refractivity contribution in [3.63, 3.8) is 0 Å². The van der Waals surface area contributed by atoms with Gasteiger partial charge in [0, 0.05) is 17.7 Å². The fourth-order valence-electron chi connectivity index (χ4n) is 1.97. The number of carbonyl (C=O) groups is 1. The van der Waals surface area contributed by atoms with Gasteiger partial charge in [0.15, 0.2) is 5.78 Å². The zero-order chi connectivity index (χ0) is 15.9. The van der Waals surface area contributed by atoms with Crippen LogP contribution < -0.4 is 0 Å². The van der Waals surface area contributed by atoms with Gasteiger partial charge in [-0.05, 0) is 35.4 Å². The summed E-state index contributed by atoms with van der Waals surface area (Å²) in [4.78, 5) is 16.1. The smallest absolute Gasteiger partial charge is 0.182 e. The largest absolute Gasteiger partial charge is 0.508 e. The molecular weight excluding hydrogens is 302 g/mol. The van der Waals surface area contributed by atoms with E-state index in [0.717, 1.165) is 11.1 Å². The van der Waals surface area contributed by atoms with Crippen molar-refractivity contribution in [2.45, 2.75) is 12.5 Å². The Kier molecular flexibility index (Phi) is 5.69. The molecule has 2 aromatic carbocycles. The van der Waals surface area contributed by atoms with Crippen molar-refractivity contribution in [3.05, 3.63) is 64.7 Å². The molecule has 1 unspecified atom stereocenters. The highest BCUT2D eigenvalue weighted by Gasteiger charge is 2.16. The maximum Gasteiger partial charge on any atom is 0.182 e. The fraction of sp³-hybridized carbons (Fsp3) is 0.176. The summed E-state index contributed by atoms with van der Waals surface area (Å²) in [6, 6.07) is 13.0. The molecule has 0 bridgehead atoms. The first-order valence-corrected chi connectivity index (χ1v) is 7.16. The van der Waals surface area contributed by atoms with Gasteiger partial charge in [0.2, 0.25) is 0 Å². The molecule has 0 aliphatic carbocycles. The van der Waals surface area contributed by atoms with E-state index in [1.165, 1.54) is 0 Å². The molecule has 0 saturated heterocycles. The van der Waals surface area contributed by atoms with Crippen LogP contribution >= 0.6 is 11.6 Å². The first-order valence-electron chi connectivity index (χ1n) is 6.78. The van der Waals surface area contributed by atoms with Gasteiger partial charge in [0.1, 0.15) is 18.4 Å². The van der Waals surface area contributed by atoms with E-state index in [4.69, 9.17) is 16.7 Å². The zero-order valence-corrected chi connectivity index (χ0v) is 12.6. The van der Waals surface area contributed by atoms with Gasteiger partial charge in [-0.2, -0.15) is 0 Å². The molecule has 0 fully saturated rings. The van der Waals surface area contributed by atoms with E-state index in [1.54, 1.807) is 48.7 Å². The number of halogens is 1. The minimum absolute atomic E-state index is 0.163. The number of aliphatic hydroxyl groups is 1. The van der Waals surface area contributed by atoms with Gasteiger partial charge >= 0.3 is 0 Å². The quantitative estimate of drug-likeness (QED) is 0.805. The molecule has 0 aliphatic heterocycles. The predicted molar refractivity (Wildman–Crippen MR) is 86.7 cm³/mol. The SMILES string of the molecule is O=C(CO)C(Cc1ccc(O)cc1)N=Cc1cccc(Cl)c1. The minimum Gasteiger partial charge on any atom is -0.508 e. The molecular formula is C17H16ClNO3. The highest BCUT2D eigenvalue weighted by Crippen LogP contribution is 2.14. The van der Waals surface area contributed by atoms with Crippen molar-refractivity contribution in [2.75, 3.05) is 6.61 Å². The first kappa shape index (κ1) is 16.2. The summed E-state index contributed by atoms with van der Waals surface area (Å²) < 4.78 is 0. The normalized spacial score (nSPS) is 12.5. The molecule has 0 amide bonds. The van der Waals surface area contributed by atoms with Crippen molar-refractivity contribution in [3.8, 4) is 5.75 Å². The summed E-state index contributed by atoms with van der Waals surface area (Å²) in [6.07, 6.45) is 1.93. The van der Waals surface area contributed by atoms with E-state index < -0.39 is 12.6 Å². The fourth-order valence-corrected chi connectivity index (χ4v) is 2.17. The molecule has 114 valence electrons. The van der Waals surface area contributed by atoms with Gasteiger partial charge in [0.05, 0.1) is 0 Å². The van der Waals surface area contributed by atoms with Crippen LogP contribution in [-0.4, -0.2) is 34.9 Å². The van der Waals surface area contributed by atoms with Crippen LogP contribution in [0.5, 0.6) is 5.75 Å². The highest BCUT2D eigenvalue weighted by molar-refractivity contribution is 6.30. The van der Waals surface area contributed by atoms with E-state index >= 15 is 0 Å². The van der Waals surface area contributed by atoms with Gasteiger partial charge in [0.25, 0.3) is 0 Å². The number of benzene rings is 2. The second kappa shape index (κ2) is 7.73. The Bertz CT molecular complexity index is 668. The molecule has 2 rings (SSSR count). The van der Waals surface area contributed by atoms with Crippen LogP contribution in [0.1, 0.15) is 11.1 Å². The third kappa shape index (κ3) is 4.69. The number of aliphatic hydroxyl groups excluding tert-OH is 1. The van der Waals surface area contributed by atoms with E-state index in [9.17, 15) is 9.90 Å². The first-order chi connectivity index (χ1) is 10.6. The molecule has 0 heterocycles. The lowest BCUT2D eigenvalue weighted by Gasteiger charge is -2.10. The topological polar surface area (TPSA) is 69.9 Å². The summed E-state index contributed by atoms with van der Waals surface area (Å²) in [7, 11) is 0. The molecule has 0 aliphatic rings. The van der Waals surface area contributed by atoms with Crippen molar-refractivity contribution in [2.24, 2.45) is 4.99 Å². The van der Waals surface area contributed by atoms with E-state index in [-0.39, 0.29) is 11.5 Å². The van der Waals surface area contributed by atoms with Crippen LogP contribution in [0.25, 0.3) is 0 Å². The Balaban J connectivity index is 2.15. The number of ketones is 1. The predicted octanol–water partition coefficient (Wildman–Crippen LogP) is 2.64. The molecule has 2 N–H and O–H groups in total. The standard InChI is InChI=1S/C17H16ClNO3/c18-14-3-1-2-13(8-14)10-19-16(17(22)11-20)9-12-4-6-15(21)7-5-12/h1-8,10,16,20-21H,9,11H2. The molecule has 0 spiro atoms. The van der Waals surface area contributed by atoms with Crippen molar-refractivity contribution in [1.29, 1.82) is 0 Å². The molecule has 22 heavy (non-hydrogen) atoms. The monoisotopic (exact) mass is 317 g/mol. The van der Waals surface area contributed by atoms with Gasteiger partial charge in [-0.3, -0.25) is 9.79 Å². The molecule has 2 aromatic rings. The molecule has 0 saturated carbocycles. The third-order valence-electron chi connectivity index (χ3n) is 3.15. The maximum atomic E-state index is 11.8. The van der Waals surface area contributed by atoms with Crippen LogP contribution in [-0.2, 0) is 11.2 Å².